The largest absolute Gasteiger partial charge is 0.321 e. The number of hydrogen-bond donors (Lipinski definition) is 1. The number of aryl methyl sites for hydroxylation is 3. The molecule has 1 amide bonds. The molecular weight excluding hydrogens is 479 g/mol. The summed E-state index contributed by atoms with van der Waals surface area (Å²) in [6.45, 7) is 5.90. The quantitative estimate of drug-likeness (QED) is 0.295. The number of nitrogens with one attached hydrogen (secondary N) is 1. The molecule has 0 aliphatic heterocycles. The number of anilines is 1. The average Bonchev–Trinajstić information content (AvgIpc) is 2.84. The zero-order valence-corrected chi connectivity index (χ0v) is 21.4. The van der Waals surface area contributed by atoms with E-state index in [1.165, 1.54) is 6.07 Å². The van der Waals surface area contributed by atoms with Crippen molar-refractivity contribution in [3.8, 4) is 16.9 Å². The minimum absolute atomic E-state index is 0.0331. The number of nitrogens with zero attached hydrogens (tertiary/aromatic N) is 1. The molecule has 35 heavy (non-hydrogen) atoms. The Morgan fingerprint density at radius 1 is 0.886 bits per heavy atom. The molecule has 6 heteroatoms. The summed E-state index contributed by atoms with van der Waals surface area (Å²) in [6, 6.07) is 21.9. The molecule has 0 saturated heterocycles. The van der Waals surface area contributed by atoms with E-state index in [0.717, 1.165) is 29.7 Å². The highest BCUT2D eigenvalue weighted by molar-refractivity contribution is 6.32. The predicted molar refractivity (Wildman–Crippen MR) is 145 cm³/mol. The van der Waals surface area contributed by atoms with Crippen LogP contribution in [0.3, 0.4) is 0 Å². The molecule has 178 valence electrons. The van der Waals surface area contributed by atoms with E-state index >= 15 is 0 Å². The summed E-state index contributed by atoms with van der Waals surface area (Å²) in [7, 11) is 0. The van der Waals surface area contributed by atoms with Gasteiger partial charge in [-0.25, -0.2) is 0 Å². The van der Waals surface area contributed by atoms with Gasteiger partial charge in [0, 0.05) is 28.0 Å². The number of benzene rings is 3. The summed E-state index contributed by atoms with van der Waals surface area (Å²) in [6.07, 6.45) is 1.50. The van der Waals surface area contributed by atoms with Crippen LogP contribution in [-0.2, 0) is 12.8 Å². The van der Waals surface area contributed by atoms with Gasteiger partial charge in [0.2, 0.25) is 0 Å². The molecule has 0 fully saturated rings. The van der Waals surface area contributed by atoms with E-state index in [-0.39, 0.29) is 11.0 Å². The molecule has 0 saturated carbocycles. The van der Waals surface area contributed by atoms with Gasteiger partial charge in [-0.05, 0) is 55.2 Å². The van der Waals surface area contributed by atoms with E-state index in [9.17, 15) is 9.59 Å². The Balaban J connectivity index is 2.01. The molecule has 0 atom stereocenters. The number of carbonyl (C=O) groups excluding carboxylic acids is 1. The summed E-state index contributed by atoms with van der Waals surface area (Å²) in [5.41, 5.74) is 4.84. The van der Waals surface area contributed by atoms with Crippen molar-refractivity contribution in [2.45, 2.75) is 33.6 Å². The van der Waals surface area contributed by atoms with Crippen LogP contribution in [0.15, 0.2) is 77.6 Å². The lowest BCUT2D eigenvalue weighted by molar-refractivity contribution is 0.102. The molecule has 4 aromatic rings. The summed E-state index contributed by atoms with van der Waals surface area (Å²) in [5, 5.41) is 4.05. The Morgan fingerprint density at radius 2 is 1.54 bits per heavy atom. The second-order valence-corrected chi connectivity index (χ2v) is 9.13. The fourth-order valence-corrected chi connectivity index (χ4v) is 4.79. The van der Waals surface area contributed by atoms with Crippen molar-refractivity contribution in [1.82, 2.24) is 4.57 Å². The number of aromatic nitrogens is 1. The zero-order chi connectivity index (χ0) is 25.1. The van der Waals surface area contributed by atoms with Crippen LogP contribution in [-0.4, -0.2) is 10.5 Å². The van der Waals surface area contributed by atoms with Crippen LogP contribution in [0.1, 0.15) is 41.0 Å². The fraction of sp³-hybridized carbons (Fsp3) is 0.172. The highest BCUT2D eigenvalue weighted by atomic mass is 35.5. The average molecular weight is 505 g/mol. The SMILES string of the molecule is CCc1cccc(CC)c1NC(=O)c1c(-c2cccc(Cl)c2)n(-c2ccccc2Cl)c(C)cc1=O. The number of carbonyl (C=O) groups is 1. The van der Waals surface area contributed by atoms with Crippen LogP contribution < -0.4 is 10.7 Å². The van der Waals surface area contributed by atoms with Crippen LogP contribution in [0.5, 0.6) is 0 Å². The topological polar surface area (TPSA) is 51.1 Å². The number of pyridine rings is 1. The van der Waals surface area contributed by atoms with Crippen molar-refractivity contribution >= 4 is 34.8 Å². The van der Waals surface area contributed by atoms with Crippen molar-refractivity contribution in [2.24, 2.45) is 0 Å². The number of halogens is 2. The molecule has 0 aliphatic carbocycles. The van der Waals surface area contributed by atoms with Crippen molar-refractivity contribution < 1.29 is 4.79 Å². The van der Waals surface area contributed by atoms with Gasteiger partial charge in [0.05, 0.1) is 16.4 Å². The van der Waals surface area contributed by atoms with Gasteiger partial charge in [-0.15, -0.1) is 0 Å². The van der Waals surface area contributed by atoms with Gasteiger partial charge >= 0.3 is 0 Å². The van der Waals surface area contributed by atoms with Crippen molar-refractivity contribution in [3.63, 3.8) is 0 Å². The van der Waals surface area contributed by atoms with E-state index in [0.29, 0.717) is 32.7 Å². The predicted octanol–water partition coefficient (Wildman–Crippen LogP) is 7.50. The van der Waals surface area contributed by atoms with E-state index in [4.69, 9.17) is 23.2 Å². The van der Waals surface area contributed by atoms with Gasteiger partial charge in [-0.3, -0.25) is 9.59 Å². The molecule has 0 unspecified atom stereocenters. The Kier molecular flexibility index (Phi) is 7.44. The van der Waals surface area contributed by atoms with E-state index in [1.807, 2.05) is 67.8 Å². The van der Waals surface area contributed by atoms with E-state index < -0.39 is 5.91 Å². The van der Waals surface area contributed by atoms with Crippen molar-refractivity contribution in [1.29, 1.82) is 0 Å². The Morgan fingerprint density at radius 3 is 2.17 bits per heavy atom. The lowest BCUT2D eigenvalue weighted by Gasteiger charge is -2.22. The first kappa shape index (κ1) is 24.8. The Bertz CT molecular complexity index is 1450. The van der Waals surface area contributed by atoms with Crippen LogP contribution in [0.4, 0.5) is 5.69 Å². The summed E-state index contributed by atoms with van der Waals surface area (Å²) in [5.74, 6) is -0.471. The number of rotatable bonds is 6. The summed E-state index contributed by atoms with van der Waals surface area (Å²) >= 11 is 12.9. The normalized spacial score (nSPS) is 10.9. The fourth-order valence-electron chi connectivity index (χ4n) is 4.38. The number of para-hydroxylation sites is 2. The first-order valence-corrected chi connectivity index (χ1v) is 12.3. The summed E-state index contributed by atoms with van der Waals surface area (Å²) in [4.78, 5) is 27.2. The van der Waals surface area contributed by atoms with Gasteiger partial charge in [0.1, 0.15) is 5.56 Å². The highest BCUT2D eigenvalue weighted by Crippen LogP contribution is 2.32. The lowest BCUT2D eigenvalue weighted by Crippen LogP contribution is -2.27. The second kappa shape index (κ2) is 10.5. The molecule has 1 heterocycles. The third-order valence-corrected chi connectivity index (χ3v) is 6.61. The number of hydrogen-bond acceptors (Lipinski definition) is 2. The monoisotopic (exact) mass is 504 g/mol. The first-order chi connectivity index (χ1) is 16.8. The van der Waals surface area contributed by atoms with Gasteiger partial charge in [0.25, 0.3) is 5.91 Å². The molecular formula is C29H26Cl2N2O2. The van der Waals surface area contributed by atoms with E-state index in [1.54, 1.807) is 24.3 Å². The lowest BCUT2D eigenvalue weighted by atomic mass is 10.00. The smallest absolute Gasteiger partial charge is 0.261 e. The third kappa shape index (κ3) is 4.90. The molecule has 0 spiro atoms. The van der Waals surface area contributed by atoms with E-state index in [2.05, 4.69) is 5.32 Å². The molecule has 4 nitrogen and oxygen atoms in total. The Hall–Kier alpha value is -3.34. The van der Waals surface area contributed by atoms with Crippen LogP contribution in [0.25, 0.3) is 16.9 Å². The molecule has 4 rings (SSSR count). The van der Waals surface area contributed by atoms with Crippen molar-refractivity contribution in [2.75, 3.05) is 5.32 Å². The van der Waals surface area contributed by atoms with Gasteiger partial charge in [-0.2, -0.15) is 0 Å². The maximum atomic E-state index is 13.8. The molecule has 0 radical (unpaired) electrons. The minimum atomic E-state index is -0.471. The standard InChI is InChI=1S/C29H26Cl2N2O2/c1-4-19-10-8-11-20(5-2)27(19)32-29(35)26-25(34)16-18(3)33(24-15-7-6-14-23(24)31)28(26)21-12-9-13-22(30)17-21/h6-17H,4-5H2,1-3H3,(H,32,35). The summed E-state index contributed by atoms with van der Waals surface area (Å²) < 4.78 is 1.84. The third-order valence-electron chi connectivity index (χ3n) is 6.06. The molecule has 3 aromatic carbocycles. The van der Waals surface area contributed by atoms with Crippen LogP contribution in [0, 0.1) is 6.92 Å². The molecule has 1 aromatic heterocycles. The maximum Gasteiger partial charge on any atom is 0.261 e. The minimum Gasteiger partial charge on any atom is -0.321 e. The van der Waals surface area contributed by atoms with Gasteiger partial charge in [0.15, 0.2) is 5.43 Å². The van der Waals surface area contributed by atoms with Crippen molar-refractivity contribution in [3.05, 3.63) is 115 Å². The van der Waals surface area contributed by atoms with Gasteiger partial charge < -0.3 is 9.88 Å². The first-order valence-electron chi connectivity index (χ1n) is 11.5. The maximum absolute atomic E-state index is 13.8. The number of amides is 1. The Labute approximate surface area is 215 Å². The van der Waals surface area contributed by atoms with Crippen LogP contribution in [0.2, 0.25) is 10.0 Å². The molecule has 1 N–H and O–H groups in total. The van der Waals surface area contributed by atoms with Crippen LogP contribution >= 0.6 is 23.2 Å². The molecule has 0 aliphatic rings. The van der Waals surface area contributed by atoms with Gasteiger partial charge in [-0.1, -0.05) is 79.5 Å². The zero-order valence-electron chi connectivity index (χ0n) is 19.9. The highest BCUT2D eigenvalue weighted by Gasteiger charge is 2.24. The second-order valence-electron chi connectivity index (χ2n) is 8.28. The molecule has 0 bridgehead atoms.